The van der Waals surface area contributed by atoms with Crippen molar-refractivity contribution < 1.29 is 0 Å². The monoisotopic (exact) mass is 213 g/mol. The second kappa shape index (κ2) is 5.32. The standard InChI is InChI=1S/C10H23N5/c1-8(2)12-10(13-11)15-6-5-14(4)7-9(15)3/h8-9H,5-7,11H2,1-4H3,(H,12,13). The molecule has 88 valence electrons. The molecule has 1 unspecified atom stereocenters. The summed E-state index contributed by atoms with van der Waals surface area (Å²) in [5.74, 6) is 6.32. The van der Waals surface area contributed by atoms with Gasteiger partial charge in [0.05, 0.1) is 0 Å². The molecule has 0 bridgehead atoms. The third-order valence-corrected chi connectivity index (χ3v) is 2.61. The van der Waals surface area contributed by atoms with Gasteiger partial charge in [-0.05, 0) is 27.8 Å². The molecule has 0 saturated carbocycles. The quantitative estimate of drug-likeness (QED) is 0.275. The Labute approximate surface area is 92.3 Å². The topological polar surface area (TPSA) is 56.9 Å². The number of nitrogens with zero attached hydrogens (tertiary/aromatic N) is 3. The van der Waals surface area contributed by atoms with Gasteiger partial charge in [-0.1, -0.05) is 0 Å². The van der Waals surface area contributed by atoms with Crippen LogP contribution < -0.4 is 11.3 Å². The van der Waals surface area contributed by atoms with Gasteiger partial charge in [-0.15, -0.1) is 0 Å². The summed E-state index contributed by atoms with van der Waals surface area (Å²) in [5, 5.41) is 0. The van der Waals surface area contributed by atoms with Crippen LogP contribution in [-0.4, -0.2) is 54.5 Å². The van der Waals surface area contributed by atoms with Gasteiger partial charge in [0.25, 0.3) is 0 Å². The van der Waals surface area contributed by atoms with E-state index in [9.17, 15) is 0 Å². The van der Waals surface area contributed by atoms with Crippen molar-refractivity contribution in [3.63, 3.8) is 0 Å². The third-order valence-electron chi connectivity index (χ3n) is 2.61. The SMILES string of the molecule is CC(C)N=C(NN)N1CCN(C)CC1C. The molecule has 15 heavy (non-hydrogen) atoms. The Balaban J connectivity index is 2.68. The molecule has 1 aliphatic heterocycles. The summed E-state index contributed by atoms with van der Waals surface area (Å²) in [6.07, 6.45) is 0. The van der Waals surface area contributed by atoms with E-state index in [-0.39, 0.29) is 6.04 Å². The number of nitrogens with two attached hydrogens (primary N) is 1. The summed E-state index contributed by atoms with van der Waals surface area (Å²) in [7, 11) is 2.14. The largest absolute Gasteiger partial charge is 0.337 e. The minimum atomic E-state index is 0.267. The molecular weight excluding hydrogens is 190 g/mol. The van der Waals surface area contributed by atoms with Gasteiger partial charge >= 0.3 is 0 Å². The highest BCUT2D eigenvalue weighted by atomic mass is 15.4. The lowest BCUT2D eigenvalue weighted by atomic mass is 10.2. The van der Waals surface area contributed by atoms with E-state index in [4.69, 9.17) is 5.84 Å². The van der Waals surface area contributed by atoms with Crippen molar-refractivity contribution in [2.24, 2.45) is 10.8 Å². The Morgan fingerprint density at radius 1 is 1.47 bits per heavy atom. The van der Waals surface area contributed by atoms with E-state index < -0.39 is 0 Å². The molecule has 3 N–H and O–H groups in total. The van der Waals surface area contributed by atoms with Gasteiger partial charge in [0.15, 0.2) is 0 Å². The van der Waals surface area contributed by atoms with E-state index in [0.29, 0.717) is 6.04 Å². The number of nitrogens with one attached hydrogen (secondary N) is 1. The van der Waals surface area contributed by atoms with Crippen LogP contribution in [0.25, 0.3) is 0 Å². The highest BCUT2D eigenvalue weighted by Gasteiger charge is 2.23. The van der Waals surface area contributed by atoms with E-state index >= 15 is 0 Å². The van der Waals surface area contributed by atoms with Crippen LogP contribution in [0.4, 0.5) is 0 Å². The summed E-state index contributed by atoms with van der Waals surface area (Å²) in [4.78, 5) is 9.04. The van der Waals surface area contributed by atoms with Gasteiger partial charge in [-0.3, -0.25) is 5.43 Å². The van der Waals surface area contributed by atoms with Gasteiger partial charge in [0.2, 0.25) is 5.96 Å². The Bertz CT molecular complexity index is 226. The van der Waals surface area contributed by atoms with Crippen LogP contribution in [-0.2, 0) is 0 Å². The molecule has 1 rings (SSSR count). The lowest BCUT2D eigenvalue weighted by molar-refractivity contribution is 0.157. The molecule has 0 spiro atoms. The summed E-state index contributed by atoms with van der Waals surface area (Å²) in [6, 6.07) is 0.722. The van der Waals surface area contributed by atoms with Gasteiger partial charge in [0.1, 0.15) is 0 Å². The second-order valence-electron chi connectivity index (χ2n) is 4.50. The van der Waals surface area contributed by atoms with Crippen LogP contribution >= 0.6 is 0 Å². The van der Waals surface area contributed by atoms with Gasteiger partial charge in [-0.25, -0.2) is 10.8 Å². The number of piperazine rings is 1. The van der Waals surface area contributed by atoms with Crippen molar-refractivity contribution in [2.45, 2.75) is 32.9 Å². The number of hydrogen-bond acceptors (Lipinski definition) is 3. The number of likely N-dealkylation sites (N-methyl/N-ethyl adjacent to an activating group) is 1. The normalized spacial score (nSPS) is 24.8. The number of hydrazine groups is 1. The maximum Gasteiger partial charge on any atom is 0.208 e. The van der Waals surface area contributed by atoms with Crippen molar-refractivity contribution in [1.82, 2.24) is 15.2 Å². The maximum absolute atomic E-state index is 5.51. The molecule has 0 aromatic heterocycles. The van der Waals surface area contributed by atoms with Crippen molar-refractivity contribution in [1.29, 1.82) is 0 Å². The lowest BCUT2D eigenvalue weighted by Gasteiger charge is -2.39. The first-order valence-electron chi connectivity index (χ1n) is 5.54. The number of guanidine groups is 1. The second-order valence-corrected chi connectivity index (χ2v) is 4.50. The minimum absolute atomic E-state index is 0.267. The Kier molecular flexibility index (Phi) is 4.35. The average molecular weight is 213 g/mol. The van der Waals surface area contributed by atoms with Crippen LogP contribution in [0.5, 0.6) is 0 Å². The zero-order valence-electron chi connectivity index (χ0n) is 10.2. The Morgan fingerprint density at radius 2 is 2.13 bits per heavy atom. The van der Waals surface area contributed by atoms with E-state index in [1.165, 1.54) is 0 Å². The lowest BCUT2D eigenvalue weighted by Crippen LogP contribution is -2.57. The minimum Gasteiger partial charge on any atom is -0.337 e. The molecule has 0 radical (unpaired) electrons. The first kappa shape index (κ1) is 12.3. The zero-order chi connectivity index (χ0) is 11.4. The fourth-order valence-electron chi connectivity index (χ4n) is 1.89. The molecule has 1 atom stereocenters. The first-order chi connectivity index (χ1) is 7.04. The highest BCUT2D eigenvalue weighted by Crippen LogP contribution is 2.08. The molecule has 1 heterocycles. The molecule has 1 saturated heterocycles. The summed E-state index contributed by atoms with van der Waals surface area (Å²) >= 11 is 0. The van der Waals surface area contributed by atoms with Gasteiger partial charge < -0.3 is 9.80 Å². The van der Waals surface area contributed by atoms with Gasteiger partial charge in [0, 0.05) is 31.7 Å². The summed E-state index contributed by atoms with van der Waals surface area (Å²) in [6.45, 7) is 9.40. The van der Waals surface area contributed by atoms with Crippen LogP contribution in [0.15, 0.2) is 4.99 Å². The predicted octanol–water partition coefficient (Wildman–Crippen LogP) is -0.150. The number of hydrogen-bond donors (Lipinski definition) is 2. The van der Waals surface area contributed by atoms with Crippen LogP contribution in [0, 0.1) is 0 Å². The van der Waals surface area contributed by atoms with E-state index in [0.717, 1.165) is 25.6 Å². The van der Waals surface area contributed by atoms with Crippen LogP contribution in [0.1, 0.15) is 20.8 Å². The molecule has 0 aliphatic carbocycles. The molecule has 5 heteroatoms. The molecule has 0 aromatic carbocycles. The zero-order valence-corrected chi connectivity index (χ0v) is 10.2. The van der Waals surface area contributed by atoms with Gasteiger partial charge in [-0.2, -0.15) is 0 Å². The van der Waals surface area contributed by atoms with Crippen LogP contribution in [0.2, 0.25) is 0 Å². The Morgan fingerprint density at radius 3 is 2.60 bits per heavy atom. The number of aliphatic imine (C=N–C) groups is 1. The van der Waals surface area contributed by atoms with E-state index in [2.05, 4.69) is 48.0 Å². The summed E-state index contributed by atoms with van der Waals surface area (Å²) in [5.41, 5.74) is 2.71. The fourth-order valence-corrected chi connectivity index (χ4v) is 1.89. The molecule has 1 aliphatic rings. The predicted molar refractivity (Wildman–Crippen MR) is 63.6 cm³/mol. The smallest absolute Gasteiger partial charge is 0.208 e. The summed E-state index contributed by atoms with van der Waals surface area (Å²) < 4.78 is 0. The highest BCUT2D eigenvalue weighted by molar-refractivity contribution is 5.80. The Hall–Kier alpha value is -0.810. The van der Waals surface area contributed by atoms with E-state index in [1.54, 1.807) is 0 Å². The maximum atomic E-state index is 5.51. The fraction of sp³-hybridized carbons (Fsp3) is 0.900. The van der Waals surface area contributed by atoms with Crippen molar-refractivity contribution in [3.8, 4) is 0 Å². The molecular formula is C10H23N5. The number of rotatable bonds is 1. The molecule has 5 nitrogen and oxygen atoms in total. The molecule has 1 fully saturated rings. The third kappa shape index (κ3) is 3.35. The van der Waals surface area contributed by atoms with Crippen molar-refractivity contribution in [3.05, 3.63) is 0 Å². The van der Waals surface area contributed by atoms with Crippen LogP contribution in [0.3, 0.4) is 0 Å². The van der Waals surface area contributed by atoms with Crippen molar-refractivity contribution >= 4 is 5.96 Å². The average Bonchev–Trinajstić information content (AvgIpc) is 2.14. The molecule has 0 amide bonds. The molecule has 0 aromatic rings. The van der Waals surface area contributed by atoms with E-state index in [1.807, 2.05) is 0 Å². The first-order valence-corrected chi connectivity index (χ1v) is 5.54. The van der Waals surface area contributed by atoms with Crippen molar-refractivity contribution in [2.75, 3.05) is 26.7 Å².